The fourth-order valence-electron chi connectivity index (χ4n) is 1.24. The lowest BCUT2D eigenvalue weighted by atomic mass is 10.2. The van der Waals surface area contributed by atoms with Crippen molar-refractivity contribution in [2.75, 3.05) is 18.5 Å². The molecule has 1 aromatic carbocycles. The first kappa shape index (κ1) is 12.7. The van der Waals surface area contributed by atoms with Crippen LogP contribution in [0.4, 0.5) is 5.69 Å². The van der Waals surface area contributed by atoms with E-state index in [1.807, 2.05) is 37.3 Å². The molecule has 1 aromatic rings. The molecule has 86 valence electrons. The largest absolute Gasteiger partial charge is 0.392 e. The van der Waals surface area contributed by atoms with Crippen LogP contribution in [0.1, 0.15) is 12.5 Å². The Morgan fingerprint density at radius 3 is 3.00 bits per heavy atom. The smallest absolute Gasteiger partial charge is 0.170 e. The molecule has 0 fully saturated rings. The Morgan fingerprint density at radius 1 is 1.50 bits per heavy atom. The van der Waals surface area contributed by atoms with Crippen LogP contribution in [-0.2, 0) is 0 Å². The SMILES string of the molecule is CCNC(=S)Nc1cccc(C=CCO)c1. The van der Waals surface area contributed by atoms with Crippen molar-refractivity contribution < 1.29 is 5.11 Å². The molecule has 0 aliphatic carbocycles. The van der Waals surface area contributed by atoms with Gasteiger partial charge in [-0.1, -0.05) is 24.3 Å². The van der Waals surface area contributed by atoms with Crippen LogP contribution in [0.2, 0.25) is 0 Å². The fourth-order valence-corrected chi connectivity index (χ4v) is 1.51. The van der Waals surface area contributed by atoms with Gasteiger partial charge in [-0.3, -0.25) is 0 Å². The molecule has 0 aliphatic rings. The van der Waals surface area contributed by atoms with E-state index in [0.29, 0.717) is 5.11 Å². The molecule has 0 atom stereocenters. The maximum Gasteiger partial charge on any atom is 0.170 e. The molecule has 0 unspecified atom stereocenters. The zero-order valence-electron chi connectivity index (χ0n) is 9.23. The third kappa shape index (κ3) is 4.42. The summed E-state index contributed by atoms with van der Waals surface area (Å²) in [5, 5.41) is 15.4. The summed E-state index contributed by atoms with van der Waals surface area (Å²) in [7, 11) is 0. The predicted molar refractivity (Wildman–Crippen MR) is 72.5 cm³/mol. The van der Waals surface area contributed by atoms with Gasteiger partial charge in [-0.05, 0) is 36.8 Å². The van der Waals surface area contributed by atoms with Gasteiger partial charge in [0.2, 0.25) is 0 Å². The monoisotopic (exact) mass is 236 g/mol. The number of rotatable bonds is 4. The van der Waals surface area contributed by atoms with E-state index >= 15 is 0 Å². The number of benzene rings is 1. The number of thiocarbonyl (C=S) groups is 1. The molecule has 0 saturated carbocycles. The minimum atomic E-state index is 0.0491. The molecule has 0 aromatic heterocycles. The highest BCUT2D eigenvalue weighted by atomic mass is 32.1. The van der Waals surface area contributed by atoms with Crippen LogP contribution in [0.15, 0.2) is 30.3 Å². The number of nitrogens with one attached hydrogen (secondary N) is 2. The maximum atomic E-state index is 8.68. The first-order valence-corrected chi connectivity index (χ1v) is 5.59. The first-order valence-electron chi connectivity index (χ1n) is 5.18. The predicted octanol–water partition coefficient (Wildman–Crippen LogP) is 2.00. The lowest BCUT2D eigenvalue weighted by molar-refractivity contribution is 0.343. The summed E-state index contributed by atoms with van der Waals surface area (Å²) in [5.41, 5.74) is 1.96. The van der Waals surface area contributed by atoms with Crippen LogP contribution in [0.5, 0.6) is 0 Å². The van der Waals surface area contributed by atoms with Gasteiger partial charge in [-0.15, -0.1) is 0 Å². The van der Waals surface area contributed by atoms with Gasteiger partial charge in [-0.2, -0.15) is 0 Å². The third-order valence-corrected chi connectivity index (χ3v) is 2.14. The maximum absolute atomic E-state index is 8.68. The van der Waals surface area contributed by atoms with Crippen LogP contribution in [0.3, 0.4) is 0 Å². The molecule has 0 saturated heterocycles. The van der Waals surface area contributed by atoms with Gasteiger partial charge in [0, 0.05) is 12.2 Å². The summed E-state index contributed by atoms with van der Waals surface area (Å²) >= 11 is 5.09. The number of aliphatic hydroxyl groups is 1. The van der Waals surface area contributed by atoms with Crippen LogP contribution in [0, 0.1) is 0 Å². The highest BCUT2D eigenvalue weighted by Crippen LogP contribution is 2.11. The molecule has 3 nitrogen and oxygen atoms in total. The van der Waals surface area contributed by atoms with E-state index in [1.165, 1.54) is 0 Å². The second kappa shape index (κ2) is 6.98. The van der Waals surface area contributed by atoms with Gasteiger partial charge in [0.25, 0.3) is 0 Å². The Labute approximate surface area is 101 Å². The number of hydrogen-bond acceptors (Lipinski definition) is 2. The Morgan fingerprint density at radius 2 is 2.31 bits per heavy atom. The Kier molecular flexibility index (Phi) is 5.53. The van der Waals surface area contributed by atoms with Crippen LogP contribution in [0.25, 0.3) is 6.08 Å². The Bertz CT molecular complexity index is 377. The standard InChI is InChI=1S/C12H16N2OS/c1-2-13-12(16)14-11-7-3-5-10(9-11)6-4-8-15/h3-7,9,15H,2,8H2,1H3,(H2,13,14,16). The van der Waals surface area contributed by atoms with Crippen molar-refractivity contribution in [1.29, 1.82) is 0 Å². The third-order valence-electron chi connectivity index (χ3n) is 1.90. The molecule has 0 bridgehead atoms. The molecular formula is C12H16N2OS. The summed E-state index contributed by atoms with van der Waals surface area (Å²) in [6.45, 7) is 2.85. The molecule has 16 heavy (non-hydrogen) atoms. The second-order valence-corrected chi connectivity index (χ2v) is 3.60. The van der Waals surface area contributed by atoms with Crippen molar-refractivity contribution in [3.05, 3.63) is 35.9 Å². The van der Waals surface area contributed by atoms with Gasteiger partial charge < -0.3 is 15.7 Å². The van der Waals surface area contributed by atoms with Crippen molar-refractivity contribution in [2.45, 2.75) is 6.92 Å². The molecule has 0 radical (unpaired) electrons. The van der Waals surface area contributed by atoms with E-state index in [1.54, 1.807) is 6.08 Å². The summed E-state index contributed by atoms with van der Waals surface area (Å²) in [6, 6.07) is 7.82. The van der Waals surface area contributed by atoms with Crippen LogP contribution < -0.4 is 10.6 Å². The summed E-state index contributed by atoms with van der Waals surface area (Å²) in [5.74, 6) is 0. The first-order chi connectivity index (χ1) is 7.76. The number of aliphatic hydroxyl groups excluding tert-OH is 1. The molecule has 0 heterocycles. The van der Waals surface area contributed by atoms with Crippen LogP contribution in [-0.4, -0.2) is 23.4 Å². The summed E-state index contributed by atoms with van der Waals surface area (Å²) < 4.78 is 0. The lowest BCUT2D eigenvalue weighted by Crippen LogP contribution is -2.27. The van der Waals surface area contributed by atoms with Gasteiger partial charge in [-0.25, -0.2) is 0 Å². The Hall–Kier alpha value is -1.39. The number of hydrogen-bond donors (Lipinski definition) is 3. The van der Waals surface area contributed by atoms with E-state index < -0.39 is 0 Å². The van der Waals surface area contributed by atoms with Gasteiger partial charge >= 0.3 is 0 Å². The minimum absolute atomic E-state index is 0.0491. The van der Waals surface area contributed by atoms with Crippen molar-refractivity contribution in [3.63, 3.8) is 0 Å². The lowest BCUT2D eigenvalue weighted by Gasteiger charge is -2.08. The molecule has 0 spiro atoms. The molecule has 0 aliphatic heterocycles. The van der Waals surface area contributed by atoms with E-state index in [9.17, 15) is 0 Å². The average molecular weight is 236 g/mol. The molecule has 1 rings (SSSR count). The molecule has 4 heteroatoms. The van der Waals surface area contributed by atoms with Crippen molar-refractivity contribution in [3.8, 4) is 0 Å². The average Bonchev–Trinajstić information content (AvgIpc) is 2.27. The summed E-state index contributed by atoms with van der Waals surface area (Å²) in [4.78, 5) is 0. The highest BCUT2D eigenvalue weighted by Gasteiger charge is 1.96. The van der Waals surface area contributed by atoms with Crippen LogP contribution >= 0.6 is 12.2 Å². The fraction of sp³-hybridized carbons (Fsp3) is 0.250. The second-order valence-electron chi connectivity index (χ2n) is 3.19. The van der Waals surface area contributed by atoms with Crippen molar-refractivity contribution in [1.82, 2.24) is 5.32 Å². The summed E-state index contributed by atoms with van der Waals surface area (Å²) in [6.07, 6.45) is 3.56. The topological polar surface area (TPSA) is 44.3 Å². The molecular weight excluding hydrogens is 220 g/mol. The van der Waals surface area contributed by atoms with E-state index in [0.717, 1.165) is 17.8 Å². The molecule has 3 N–H and O–H groups in total. The Balaban J connectivity index is 2.67. The quantitative estimate of drug-likeness (QED) is 0.700. The normalized spacial score (nSPS) is 10.4. The van der Waals surface area contributed by atoms with Crippen molar-refractivity contribution >= 4 is 29.1 Å². The minimum Gasteiger partial charge on any atom is -0.392 e. The van der Waals surface area contributed by atoms with E-state index in [4.69, 9.17) is 17.3 Å². The van der Waals surface area contributed by atoms with E-state index in [-0.39, 0.29) is 6.61 Å². The highest BCUT2D eigenvalue weighted by molar-refractivity contribution is 7.80. The van der Waals surface area contributed by atoms with Crippen molar-refractivity contribution in [2.24, 2.45) is 0 Å². The molecule has 0 amide bonds. The van der Waals surface area contributed by atoms with Gasteiger partial charge in [0.15, 0.2) is 5.11 Å². The van der Waals surface area contributed by atoms with Gasteiger partial charge in [0.1, 0.15) is 0 Å². The zero-order chi connectivity index (χ0) is 11.8. The van der Waals surface area contributed by atoms with E-state index in [2.05, 4.69) is 10.6 Å². The number of anilines is 1. The van der Waals surface area contributed by atoms with Gasteiger partial charge in [0.05, 0.1) is 6.61 Å². The zero-order valence-corrected chi connectivity index (χ0v) is 10.1.